The van der Waals surface area contributed by atoms with Crippen molar-refractivity contribution in [1.82, 2.24) is 0 Å². The zero-order valence-electron chi connectivity index (χ0n) is 4.52. The zero-order chi connectivity index (χ0) is 5.11. The molecular formula is C7H18O2. The highest BCUT2D eigenvalue weighted by molar-refractivity contribution is 4.42. The van der Waals surface area contributed by atoms with E-state index < -0.39 is 0 Å². The predicted octanol–water partition coefficient (Wildman–Crippen LogP) is 2.04. The van der Waals surface area contributed by atoms with Crippen molar-refractivity contribution < 1.29 is 9.47 Å². The molecule has 2 nitrogen and oxygen atoms in total. The summed E-state index contributed by atoms with van der Waals surface area (Å²) >= 11 is 0. The van der Waals surface area contributed by atoms with Gasteiger partial charge in [0.15, 0.2) is 6.29 Å². The maximum absolute atomic E-state index is 5.06. The molecule has 1 aliphatic heterocycles. The molecule has 1 aliphatic rings. The highest BCUT2D eigenvalue weighted by Crippen LogP contribution is 2.01. The van der Waals surface area contributed by atoms with Crippen molar-refractivity contribution in [1.29, 1.82) is 0 Å². The molecule has 1 heterocycles. The first-order chi connectivity index (χ1) is 3.39. The van der Waals surface area contributed by atoms with Gasteiger partial charge < -0.3 is 9.47 Å². The Morgan fingerprint density at radius 3 is 1.78 bits per heavy atom. The van der Waals surface area contributed by atoms with Gasteiger partial charge in [0.05, 0.1) is 13.2 Å². The molecule has 0 saturated carbocycles. The molecule has 9 heavy (non-hydrogen) atoms. The van der Waals surface area contributed by atoms with Crippen LogP contribution in [0.4, 0.5) is 0 Å². The smallest absolute Gasteiger partial charge is 0.154 e. The van der Waals surface area contributed by atoms with Gasteiger partial charge in [0, 0.05) is 0 Å². The molecule has 0 radical (unpaired) electrons. The Hall–Kier alpha value is -0.0800. The highest BCUT2D eigenvalue weighted by Gasteiger charge is 2.05. The monoisotopic (exact) mass is 134 g/mol. The first-order valence-corrected chi connectivity index (χ1v) is 2.63. The van der Waals surface area contributed by atoms with Crippen LogP contribution >= 0.6 is 0 Å². The summed E-state index contributed by atoms with van der Waals surface area (Å²) in [7, 11) is 0. The molecule has 2 heteroatoms. The van der Waals surface area contributed by atoms with Gasteiger partial charge in [0.25, 0.3) is 0 Å². The topological polar surface area (TPSA) is 18.5 Å². The Kier molecular flexibility index (Phi) is 7.85. The van der Waals surface area contributed by atoms with Crippen molar-refractivity contribution >= 4 is 0 Å². The van der Waals surface area contributed by atoms with Gasteiger partial charge in [-0.3, -0.25) is 0 Å². The van der Waals surface area contributed by atoms with E-state index in [1.165, 1.54) is 0 Å². The van der Waals surface area contributed by atoms with Crippen LogP contribution in [0.2, 0.25) is 0 Å². The summed E-state index contributed by atoms with van der Waals surface area (Å²) in [5, 5.41) is 0. The molecule has 0 aromatic carbocycles. The second kappa shape index (κ2) is 6.05. The van der Waals surface area contributed by atoms with Crippen molar-refractivity contribution in [3.63, 3.8) is 0 Å². The Bertz CT molecular complexity index is 48.9. The summed E-state index contributed by atoms with van der Waals surface area (Å²) in [5.41, 5.74) is 0. The van der Waals surface area contributed by atoms with Gasteiger partial charge in [-0.05, 0) is 13.3 Å². The van der Waals surface area contributed by atoms with Crippen LogP contribution in [0.3, 0.4) is 0 Å². The number of rotatable bonds is 0. The van der Waals surface area contributed by atoms with Crippen LogP contribution in [-0.2, 0) is 9.47 Å². The van der Waals surface area contributed by atoms with Crippen molar-refractivity contribution in [3.05, 3.63) is 0 Å². The number of ether oxygens (including phenoxy) is 2. The molecule has 0 N–H and O–H groups in total. The summed E-state index contributed by atoms with van der Waals surface area (Å²) in [6.45, 7) is 3.64. The first kappa shape index (κ1) is 11.7. The van der Waals surface area contributed by atoms with E-state index in [0.29, 0.717) is 0 Å². The predicted molar refractivity (Wildman–Crippen MR) is 39.4 cm³/mol. The van der Waals surface area contributed by atoms with E-state index in [4.69, 9.17) is 9.47 Å². The minimum atomic E-state index is 0. The summed E-state index contributed by atoms with van der Waals surface area (Å²) in [5.74, 6) is 0. The zero-order valence-corrected chi connectivity index (χ0v) is 4.52. The third kappa shape index (κ3) is 4.43. The molecule has 0 aromatic heterocycles. The molecule has 0 atom stereocenters. The lowest BCUT2D eigenvalue weighted by atomic mass is 10.4. The molecule has 1 saturated heterocycles. The van der Waals surface area contributed by atoms with Gasteiger partial charge in [0.1, 0.15) is 0 Å². The molecule has 0 aliphatic carbocycles. The van der Waals surface area contributed by atoms with Crippen LogP contribution in [0.1, 0.15) is 28.2 Å². The number of hydrogen-bond acceptors (Lipinski definition) is 2. The Balaban J connectivity index is 0. The van der Waals surface area contributed by atoms with Gasteiger partial charge in [-0.1, -0.05) is 14.9 Å². The van der Waals surface area contributed by atoms with Crippen molar-refractivity contribution in [3.8, 4) is 0 Å². The lowest BCUT2D eigenvalue weighted by Gasteiger charge is -2.18. The van der Waals surface area contributed by atoms with Crippen LogP contribution in [-0.4, -0.2) is 19.5 Å². The average molecular weight is 134 g/mol. The molecule has 1 rings (SSSR count). The summed E-state index contributed by atoms with van der Waals surface area (Å²) < 4.78 is 10.1. The van der Waals surface area contributed by atoms with E-state index in [2.05, 4.69) is 0 Å². The molecule has 0 spiro atoms. The minimum Gasteiger partial charge on any atom is -0.353 e. The Labute approximate surface area is 58.2 Å². The molecule has 0 amide bonds. The van der Waals surface area contributed by atoms with Crippen molar-refractivity contribution in [2.75, 3.05) is 13.2 Å². The quantitative estimate of drug-likeness (QED) is 0.504. The Morgan fingerprint density at radius 2 is 1.56 bits per heavy atom. The molecule has 0 unspecified atom stereocenters. The highest BCUT2D eigenvalue weighted by atomic mass is 16.7. The fourth-order valence-corrected chi connectivity index (χ4v) is 0.606. The normalized spacial score (nSPS) is 19.7. The summed E-state index contributed by atoms with van der Waals surface area (Å²) in [6.07, 6.45) is 1.08. The lowest BCUT2D eigenvalue weighted by molar-refractivity contribution is -0.167. The minimum absolute atomic E-state index is 0. The number of hydrogen-bond donors (Lipinski definition) is 0. The van der Waals surface area contributed by atoms with E-state index >= 15 is 0 Å². The molecule has 0 bridgehead atoms. The van der Waals surface area contributed by atoms with Gasteiger partial charge in [-0.2, -0.15) is 0 Å². The fourth-order valence-electron chi connectivity index (χ4n) is 0.606. The summed E-state index contributed by atoms with van der Waals surface area (Å²) in [6, 6.07) is 0. The SMILES string of the molecule is C.C.CC1OCCCO1. The molecular weight excluding hydrogens is 116 g/mol. The van der Waals surface area contributed by atoms with Gasteiger partial charge in [-0.15, -0.1) is 0 Å². The fraction of sp³-hybridized carbons (Fsp3) is 1.00. The maximum Gasteiger partial charge on any atom is 0.154 e. The van der Waals surface area contributed by atoms with Crippen LogP contribution in [0.15, 0.2) is 0 Å². The van der Waals surface area contributed by atoms with Gasteiger partial charge >= 0.3 is 0 Å². The first-order valence-electron chi connectivity index (χ1n) is 2.63. The second-order valence-corrected chi connectivity index (χ2v) is 1.66. The van der Waals surface area contributed by atoms with Gasteiger partial charge in [0.2, 0.25) is 0 Å². The molecule has 0 aromatic rings. The van der Waals surface area contributed by atoms with Crippen molar-refractivity contribution in [2.24, 2.45) is 0 Å². The molecule has 58 valence electrons. The second-order valence-electron chi connectivity index (χ2n) is 1.66. The average Bonchev–Trinajstić information content (AvgIpc) is 1.69. The lowest BCUT2D eigenvalue weighted by Crippen LogP contribution is -2.21. The van der Waals surface area contributed by atoms with Crippen LogP contribution < -0.4 is 0 Å². The largest absolute Gasteiger partial charge is 0.353 e. The van der Waals surface area contributed by atoms with E-state index in [0.717, 1.165) is 19.6 Å². The van der Waals surface area contributed by atoms with Crippen LogP contribution in [0, 0.1) is 0 Å². The summed E-state index contributed by atoms with van der Waals surface area (Å²) in [4.78, 5) is 0. The third-order valence-corrected chi connectivity index (χ3v) is 0.994. The Morgan fingerprint density at radius 1 is 1.11 bits per heavy atom. The molecule has 1 fully saturated rings. The van der Waals surface area contributed by atoms with E-state index in [-0.39, 0.29) is 21.1 Å². The van der Waals surface area contributed by atoms with Crippen LogP contribution in [0.25, 0.3) is 0 Å². The van der Waals surface area contributed by atoms with E-state index in [1.807, 2.05) is 6.92 Å². The van der Waals surface area contributed by atoms with E-state index in [9.17, 15) is 0 Å². The van der Waals surface area contributed by atoms with E-state index in [1.54, 1.807) is 0 Å². The third-order valence-electron chi connectivity index (χ3n) is 0.994. The van der Waals surface area contributed by atoms with Crippen LogP contribution in [0.5, 0.6) is 0 Å². The standard InChI is InChI=1S/C5H10O2.2CH4/c1-5-6-3-2-4-7-5;;/h5H,2-4H2,1H3;2*1H4. The van der Waals surface area contributed by atoms with Gasteiger partial charge in [-0.25, -0.2) is 0 Å². The van der Waals surface area contributed by atoms with Crippen molar-refractivity contribution in [2.45, 2.75) is 34.5 Å². The maximum atomic E-state index is 5.06.